The van der Waals surface area contributed by atoms with E-state index >= 15 is 0 Å². The lowest BCUT2D eigenvalue weighted by molar-refractivity contribution is 0.0954. The highest BCUT2D eigenvalue weighted by molar-refractivity contribution is 7.14. The number of carbonyl (C=O) groups excluding carboxylic acids is 1. The minimum absolute atomic E-state index is 0.0200. The Labute approximate surface area is 140 Å². The molecule has 3 rings (SSSR count). The van der Waals surface area contributed by atoms with Crippen LogP contribution in [0.1, 0.15) is 27.4 Å². The van der Waals surface area contributed by atoms with Crippen LogP contribution in [0.25, 0.3) is 11.1 Å². The maximum absolute atomic E-state index is 12.4. The van der Waals surface area contributed by atoms with Crippen LogP contribution in [0.2, 0.25) is 0 Å². The number of thiophene rings is 1. The van der Waals surface area contributed by atoms with Gasteiger partial charge in [-0.25, -0.2) is 0 Å². The predicted octanol–water partition coefficient (Wildman–Crippen LogP) is 3.21. The van der Waals surface area contributed by atoms with Crippen LogP contribution in [0.5, 0.6) is 5.75 Å². The molecule has 1 aromatic carbocycles. The first-order valence-corrected chi connectivity index (χ1v) is 8.75. The van der Waals surface area contributed by atoms with Gasteiger partial charge < -0.3 is 15.4 Å². The maximum atomic E-state index is 12.4. The highest BCUT2D eigenvalue weighted by atomic mass is 32.1. The molecule has 2 aromatic rings. The van der Waals surface area contributed by atoms with E-state index in [1.807, 2.05) is 30.3 Å². The van der Waals surface area contributed by atoms with Crippen molar-refractivity contribution in [2.24, 2.45) is 0 Å². The van der Waals surface area contributed by atoms with Gasteiger partial charge in [-0.1, -0.05) is 12.1 Å². The standard InChI is InChI=1S/C18H22N2O2S/c1-12-16(13-5-7-15(22-2)8-6-13)10-17(23-12)18(21)20-11-14-4-3-9-19-14/h5-8,10,14,19H,3-4,9,11H2,1-2H3,(H,20,21). The average molecular weight is 330 g/mol. The number of hydrogen-bond donors (Lipinski definition) is 2. The SMILES string of the molecule is COc1ccc(-c2cc(C(=O)NCC3CCCN3)sc2C)cc1. The van der Waals surface area contributed by atoms with Crippen LogP contribution in [0.4, 0.5) is 0 Å². The van der Waals surface area contributed by atoms with Gasteiger partial charge in [-0.05, 0) is 55.6 Å². The zero-order chi connectivity index (χ0) is 16.2. The van der Waals surface area contributed by atoms with E-state index in [1.54, 1.807) is 18.4 Å². The number of methoxy groups -OCH3 is 1. The fourth-order valence-corrected chi connectivity index (χ4v) is 3.84. The molecule has 4 nitrogen and oxygen atoms in total. The summed E-state index contributed by atoms with van der Waals surface area (Å²) in [6, 6.07) is 10.3. The van der Waals surface area contributed by atoms with Crippen molar-refractivity contribution < 1.29 is 9.53 Å². The van der Waals surface area contributed by atoms with E-state index in [0.29, 0.717) is 12.6 Å². The normalized spacial score (nSPS) is 17.2. The van der Waals surface area contributed by atoms with E-state index in [9.17, 15) is 4.79 Å². The van der Waals surface area contributed by atoms with Crippen molar-refractivity contribution in [3.8, 4) is 16.9 Å². The molecule has 1 aliphatic heterocycles. The van der Waals surface area contributed by atoms with Crippen molar-refractivity contribution in [1.29, 1.82) is 0 Å². The summed E-state index contributed by atoms with van der Waals surface area (Å²) in [5.74, 6) is 0.857. The lowest BCUT2D eigenvalue weighted by Crippen LogP contribution is -2.36. The lowest BCUT2D eigenvalue weighted by Gasteiger charge is -2.10. The summed E-state index contributed by atoms with van der Waals surface area (Å²) in [5, 5.41) is 6.43. The van der Waals surface area contributed by atoms with Crippen molar-refractivity contribution in [2.75, 3.05) is 20.2 Å². The third-order valence-corrected chi connectivity index (χ3v) is 5.26. The second kappa shape index (κ2) is 7.15. The summed E-state index contributed by atoms with van der Waals surface area (Å²) in [6.07, 6.45) is 2.33. The van der Waals surface area contributed by atoms with E-state index in [2.05, 4.69) is 17.6 Å². The van der Waals surface area contributed by atoms with E-state index in [4.69, 9.17) is 4.74 Å². The minimum Gasteiger partial charge on any atom is -0.497 e. The molecule has 5 heteroatoms. The van der Waals surface area contributed by atoms with Crippen LogP contribution in [0.15, 0.2) is 30.3 Å². The number of carbonyl (C=O) groups is 1. The van der Waals surface area contributed by atoms with Gasteiger partial charge in [0, 0.05) is 17.5 Å². The Morgan fingerprint density at radius 1 is 1.39 bits per heavy atom. The number of nitrogens with one attached hydrogen (secondary N) is 2. The largest absolute Gasteiger partial charge is 0.497 e. The van der Waals surface area contributed by atoms with Gasteiger partial charge in [0.15, 0.2) is 0 Å². The molecule has 0 spiro atoms. The second-order valence-electron chi connectivity index (χ2n) is 5.81. The first-order valence-electron chi connectivity index (χ1n) is 7.94. The fourth-order valence-electron chi connectivity index (χ4n) is 2.89. The summed E-state index contributed by atoms with van der Waals surface area (Å²) in [6.45, 7) is 3.81. The molecular formula is C18H22N2O2S. The zero-order valence-corrected chi connectivity index (χ0v) is 14.3. The summed E-state index contributed by atoms with van der Waals surface area (Å²) >= 11 is 1.55. The molecule has 2 N–H and O–H groups in total. The molecule has 1 atom stereocenters. The second-order valence-corrected chi connectivity index (χ2v) is 7.07. The molecule has 1 saturated heterocycles. The van der Waals surface area contributed by atoms with Crippen molar-refractivity contribution in [3.05, 3.63) is 40.1 Å². The molecule has 23 heavy (non-hydrogen) atoms. The van der Waals surface area contributed by atoms with Crippen molar-refractivity contribution in [1.82, 2.24) is 10.6 Å². The van der Waals surface area contributed by atoms with Gasteiger partial charge in [-0.15, -0.1) is 11.3 Å². The Hall–Kier alpha value is -1.85. The molecule has 0 aliphatic carbocycles. The number of rotatable bonds is 5. The van der Waals surface area contributed by atoms with E-state index < -0.39 is 0 Å². The highest BCUT2D eigenvalue weighted by Gasteiger charge is 2.17. The Morgan fingerprint density at radius 2 is 2.17 bits per heavy atom. The molecule has 0 saturated carbocycles. The van der Waals surface area contributed by atoms with Gasteiger partial charge in [0.25, 0.3) is 5.91 Å². The van der Waals surface area contributed by atoms with Crippen molar-refractivity contribution >= 4 is 17.2 Å². The summed E-state index contributed by atoms with van der Waals surface area (Å²) in [7, 11) is 1.66. The third-order valence-electron chi connectivity index (χ3n) is 4.21. The molecule has 1 unspecified atom stereocenters. The number of ether oxygens (including phenoxy) is 1. The summed E-state index contributed by atoms with van der Waals surface area (Å²) < 4.78 is 5.19. The van der Waals surface area contributed by atoms with Gasteiger partial charge in [0.2, 0.25) is 0 Å². The van der Waals surface area contributed by atoms with E-state index in [1.165, 1.54) is 6.42 Å². The average Bonchev–Trinajstić information content (AvgIpc) is 3.22. The minimum atomic E-state index is 0.0200. The highest BCUT2D eigenvalue weighted by Crippen LogP contribution is 2.32. The molecule has 122 valence electrons. The molecule has 1 fully saturated rings. The van der Waals surface area contributed by atoms with Crippen LogP contribution in [-0.4, -0.2) is 32.1 Å². The molecule has 0 bridgehead atoms. The lowest BCUT2D eigenvalue weighted by atomic mass is 10.1. The number of benzene rings is 1. The van der Waals surface area contributed by atoms with Gasteiger partial charge in [0.1, 0.15) is 5.75 Å². The van der Waals surface area contributed by atoms with Crippen LogP contribution in [0.3, 0.4) is 0 Å². The number of hydrogen-bond acceptors (Lipinski definition) is 4. The molecule has 0 radical (unpaired) electrons. The quantitative estimate of drug-likeness (QED) is 0.885. The van der Waals surface area contributed by atoms with Crippen LogP contribution >= 0.6 is 11.3 Å². The smallest absolute Gasteiger partial charge is 0.261 e. The molecule has 1 aliphatic rings. The van der Waals surface area contributed by atoms with Crippen molar-refractivity contribution in [2.45, 2.75) is 25.8 Å². The Balaban J connectivity index is 1.70. The first kappa shape index (κ1) is 16.0. The predicted molar refractivity (Wildman–Crippen MR) is 94.4 cm³/mol. The van der Waals surface area contributed by atoms with Crippen molar-refractivity contribution in [3.63, 3.8) is 0 Å². The van der Waals surface area contributed by atoms with E-state index in [0.717, 1.165) is 39.6 Å². The molecule has 1 amide bonds. The number of amides is 1. The topological polar surface area (TPSA) is 50.4 Å². The summed E-state index contributed by atoms with van der Waals surface area (Å²) in [4.78, 5) is 14.3. The fraction of sp³-hybridized carbons (Fsp3) is 0.389. The van der Waals surface area contributed by atoms with Crippen LogP contribution in [0, 0.1) is 6.92 Å². The Kier molecular flexibility index (Phi) is 4.98. The van der Waals surface area contributed by atoms with Gasteiger partial charge in [-0.3, -0.25) is 4.79 Å². The Bertz CT molecular complexity index is 673. The molecule has 2 heterocycles. The maximum Gasteiger partial charge on any atom is 0.261 e. The van der Waals surface area contributed by atoms with Crippen LogP contribution in [-0.2, 0) is 0 Å². The first-order chi connectivity index (χ1) is 11.2. The van der Waals surface area contributed by atoms with Gasteiger partial charge in [0.05, 0.1) is 12.0 Å². The van der Waals surface area contributed by atoms with Crippen LogP contribution < -0.4 is 15.4 Å². The summed E-state index contributed by atoms with van der Waals surface area (Å²) in [5.41, 5.74) is 2.22. The zero-order valence-electron chi connectivity index (χ0n) is 13.5. The van der Waals surface area contributed by atoms with Gasteiger partial charge >= 0.3 is 0 Å². The number of aryl methyl sites for hydroxylation is 1. The molecule has 1 aromatic heterocycles. The third kappa shape index (κ3) is 3.74. The monoisotopic (exact) mass is 330 g/mol. The van der Waals surface area contributed by atoms with E-state index in [-0.39, 0.29) is 5.91 Å². The Morgan fingerprint density at radius 3 is 2.83 bits per heavy atom. The van der Waals surface area contributed by atoms with Gasteiger partial charge in [-0.2, -0.15) is 0 Å². The molecular weight excluding hydrogens is 308 g/mol.